The number of aryl methyl sites for hydroxylation is 1. The molecule has 0 aliphatic carbocycles. The van der Waals surface area contributed by atoms with E-state index in [0.717, 1.165) is 0 Å². The summed E-state index contributed by atoms with van der Waals surface area (Å²) in [7, 11) is 1.58. The SMILES string of the molecule is Cn1ncc(NC(=O)/C=C/c2cccc([N+](=O)[O-])c2)c1C(=O)NCc1ccco1. The van der Waals surface area contributed by atoms with Crippen LogP contribution in [0, 0.1) is 10.1 Å². The number of hydrogen-bond donors (Lipinski definition) is 2. The summed E-state index contributed by atoms with van der Waals surface area (Å²) in [6.45, 7) is 0.192. The quantitative estimate of drug-likeness (QED) is 0.359. The highest BCUT2D eigenvalue weighted by Crippen LogP contribution is 2.16. The molecule has 29 heavy (non-hydrogen) atoms. The Hall–Kier alpha value is -4.21. The smallest absolute Gasteiger partial charge is 0.272 e. The van der Waals surface area contributed by atoms with Crippen LogP contribution in [0.15, 0.2) is 59.4 Å². The molecule has 0 atom stereocenters. The van der Waals surface area contributed by atoms with E-state index in [4.69, 9.17) is 4.42 Å². The number of benzene rings is 1. The van der Waals surface area contributed by atoms with Gasteiger partial charge in [-0.2, -0.15) is 5.10 Å². The van der Waals surface area contributed by atoms with Crippen molar-refractivity contribution in [3.63, 3.8) is 0 Å². The number of carbonyl (C=O) groups is 2. The maximum absolute atomic E-state index is 12.5. The number of nitrogens with one attached hydrogen (secondary N) is 2. The number of rotatable bonds is 7. The molecule has 0 aliphatic rings. The fourth-order valence-corrected chi connectivity index (χ4v) is 2.55. The van der Waals surface area contributed by atoms with E-state index in [0.29, 0.717) is 11.3 Å². The number of anilines is 1. The molecule has 0 saturated carbocycles. The standard InChI is InChI=1S/C19H17N5O5/c1-23-18(19(26)20-11-15-6-3-9-29-15)16(12-21-23)22-17(25)8-7-13-4-2-5-14(10-13)24(27)28/h2-10,12H,11H2,1H3,(H,20,26)(H,22,25)/b8-7+. The van der Waals surface area contributed by atoms with Crippen LogP contribution in [0.3, 0.4) is 0 Å². The van der Waals surface area contributed by atoms with E-state index in [1.165, 1.54) is 47.5 Å². The predicted octanol–water partition coefficient (Wildman–Crippen LogP) is 2.50. The highest BCUT2D eigenvalue weighted by atomic mass is 16.6. The number of furan rings is 1. The monoisotopic (exact) mass is 395 g/mol. The molecule has 148 valence electrons. The molecule has 2 N–H and O–H groups in total. The summed E-state index contributed by atoms with van der Waals surface area (Å²) < 4.78 is 6.51. The lowest BCUT2D eigenvalue weighted by Gasteiger charge is -2.07. The molecule has 0 radical (unpaired) electrons. The molecule has 2 amide bonds. The lowest BCUT2D eigenvalue weighted by Crippen LogP contribution is -2.26. The van der Waals surface area contributed by atoms with Gasteiger partial charge in [0.25, 0.3) is 11.6 Å². The summed E-state index contributed by atoms with van der Waals surface area (Å²) in [5.41, 5.74) is 0.832. The van der Waals surface area contributed by atoms with Crippen molar-refractivity contribution in [3.05, 3.63) is 82.1 Å². The Bertz CT molecular complexity index is 1070. The molecule has 3 rings (SSSR count). The van der Waals surface area contributed by atoms with Gasteiger partial charge in [-0.15, -0.1) is 0 Å². The van der Waals surface area contributed by atoms with Crippen LogP contribution in [0.25, 0.3) is 6.08 Å². The van der Waals surface area contributed by atoms with E-state index in [-0.39, 0.29) is 23.6 Å². The minimum Gasteiger partial charge on any atom is -0.467 e. The summed E-state index contributed by atoms with van der Waals surface area (Å²) in [4.78, 5) is 35.0. The first-order chi connectivity index (χ1) is 13.9. The maximum Gasteiger partial charge on any atom is 0.272 e. The van der Waals surface area contributed by atoms with Crippen molar-refractivity contribution in [2.24, 2.45) is 7.05 Å². The first-order valence-corrected chi connectivity index (χ1v) is 8.50. The van der Waals surface area contributed by atoms with Gasteiger partial charge in [-0.25, -0.2) is 0 Å². The van der Waals surface area contributed by atoms with Crippen molar-refractivity contribution in [2.75, 3.05) is 5.32 Å². The summed E-state index contributed by atoms with van der Waals surface area (Å²) in [6.07, 6.45) is 5.53. The lowest BCUT2D eigenvalue weighted by molar-refractivity contribution is -0.384. The van der Waals surface area contributed by atoms with Gasteiger partial charge in [0.15, 0.2) is 0 Å². The number of nitro benzene ring substituents is 1. The van der Waals surface area contributed by atoms with Gasteiger partial charge in [0.05, 0.1) is 29.6 Å². The van der Waals surface area contributed by atoms with E-state index >= 15 is 0 Å². The van der Waals surface area contributed by atoms with Crippen molar-refractivity contribution in [1.29, 1.82) is 0 Å². The molecule has 0 spiro atoms. The van der Waals surface area contributed by atoms with Crippen molar-refractivity contribution in [2.45, 2.75) is 6.54 Å². The molecule has 1 aromatic carbocycles. The number of amides is 2. The predicted molar refractivity (Wildman–Crippen MR) is 104 cm³/mol. The van der Waals surface area contributed by atoms with Crippen molar-refractivity contribution < 1.29 is 18.9 Å². The minimum atomic E-state index is -0.513. The van der Waals surface area contributed by atoms with E-state index in [9.17, 15) is 19.7 Å². The number of aromatic nitrogens is 2. The first kappa shape index (κ1) is 19.5. The Kier molecular flexibility index (Phi) is 5.83. The average Bonchev–Trinajstić information content (AvgIpc) is 3.34. The number of nitro groups is 1. The minimum absolute atomic E-state index is 0.0738. The van der Waals surface area contributed by atoms with Gasteiger partial charge in [-0.1, -0.05) is 12.1 Å². The third kappa shape index (κ3) is 4.95. The first-order valence-electron chi connectivity index (χ1n) is 8.50. The van der Waals surface area contributed by atoms with Crippen LogP contribution in [0.1, 0.15) is 21.8 Å². The van der Waals surface area contributed by atoms with Gasteiger partial charge >= 0.3 is 0 Å². The van der Waals surface area contributed by atoms with E-state index in [1.807, 2.05) is 0 Å². The normalized spacial score (nSPS) is 10.8. The van der Waals surface area contributed by atoms with Crippen LogP contribution in [0.5, 0.6) is 0 Å². The molecule has 0 saturated heterocycles. The fourth-order valence-electron chi connectivity index (χ4n) is 2.55. The molecule has 2 heterocycles. The zero-order chi connectivity index (χ0) is 20.8. The number of carbonyl (C=O) groups excluding carboxylic acids is 2. The van der Waals surface area contributed by atoms with Crippen LogP contribution in [-0.2, 0) is 18.4 Å². The van der Waals surface area contributed by atoms with Crippen molar-refractivity contribution in [3.8, 4) is 0 Å². The van der Waals surface area contributed by atoms with Crippen LogP contribution >= 0.6 is 0 Å². The fraction of sp³-hybridized carbons (Fsp3) is 0.105. The van der Waals surface area contributed by atoms with Crippen molar-refractivity contribution >= 4 is 29.3 Å². The molecule has 0 bridgehead atoms. The van der Waals surface area contributed by atoms with Crippen LogP contribution in [0.4, 0.5) is 11.4 Å². The zero-order valence-electron chi connectivity index (χ0n) is 15.4. The average molecular weight is 395 g/mol. The largest absolute Gasteiger partial charge is 0.467 e. The number of non-ortho nitro benzene ring substituents is 1. The third-order valence-corrected chi connectivity index (χ3v) is 3.92. The Labute approximate surface area is 165 Å². The van der Waals surface area contributed by atoms with Crippen LogP contribution < -0.4 is 10.6 Å². The Morgan fingerprint density at radius 3 is 2.86 bits per heavy atom. The van der Waals surface area contributed by atoms with Crippen molar-refractivity contribution in [1.82, 2.24) is 15.1 Å². The second-order valence-corrected chi connectivity index (χ2v) is 5.97. The number of nitrogens with zero attached hydrogens (tertiary/aromatic N) is 3. The highest BCUT2D eigenvalue weighted by Gasteiger charge is 2.18. The molecular formula is C19H17N5O5. The maximum atomic E-state index is 12.5. The number of hydrogen-bond acceptors (Lipinski definition) is 6. The summed E-state index contributed by atoms with van der Waals surface area (Å²) in [5, 5.41) is 20.1. The third-order valence-electron chi connectivity index (χ3n) is 3.92. The van der Waals surface area contributed by atoms with E-state index in [2.05, 4.69) is 15.7 Å². The van der Waals surface area contributed by atoms with E-state index < -0.39 is 16.7 Å². The Morgan fingerprint density at radius 2 is 2.14 bits per heavy atom. The van der Waals surface area contributed by atoms with Gasteiger partial charge in [0.2, 0.25) is 5.91 Å². The summed E-state index contributed by atoms with van der Waals surface area (Å²) in [5.74, 6) is -0.352. The molecule has 0 fully saturated rings. The summed E-state index contributed by atoms with van der Waals surface area (Å²) >= 11 is 0. The molecule has 3 aromatic rings. The van der Waals surface area contributed by atoms with Gasteiger partial charge < -0.3 is 15.1 Å². The van der Waals surface area contributed by atoms with Gasteiger partial charge in [-0.3, -0.25) is 24.4 Å². The Morgan fingerprint density at radius 1 is 1.31 bits per heavy atom. The molecule has 10 nitrogen and oxygen atoms in total. The molecular weight excluding hydrogens is 378 g/mol. The van der Waals surface area contributed by atoms with Gasteiger partial charge in [-0.05, 0) is 23.8 Å². The molecule has 10 heteroatoms. The molecule has 0 unspecified atom stereocenters. The van der Waals surface area contributed by atoms with E-state index in [1.54, 1.807) is 25.2 Å². The lowest BCUT2D eigenvalue weighted by atomic mass is 10.2. The zero-order valence-corrected chi connectivity index (χ0v) is 15.4. The Balaban J connectivity index is 1.67. The molecule has 2 aromatic heterocycles. The molecule has 0 aliphatic heterocycles. The van der Waals surface area contributed by atoms with Gasteiger partial charge in [0.1, 0.15) is 11.5 Å². The highest BCUT2D eigenvalue weighted by molar-refractivity contribution is 6.06. The second kappa shape index (κ2) is 8.65. The van der Waals surface area contributed by atoms with Crippen LogP contribution in [0.2, 0.25) is 0 Å². The van der Waals surface area contributed by atoms with Gasteiger partial charge in [0, 0.05) is 25.3 Å². The van der Waals surface area contributed by atoms with Crippen LogP contribution in [-0.4, -0.2) is 26.5 Å². The topological polar surface area (TPSA) is 132 Å². The second-order valence-electron chi connectivity index (χ2n) is 5.97. The summed E-state index contributed by atoms with van der Waals surface area (Å²) in [6, 6.07) is 9.31.